The van der Waals surface area contributed by atoms with E-state index in [9.17, 15) is 4.79 Å². The zero-order valence-electron chi connectivity index (χ0n) is 14.8. The first kappa shape index (κ1) is 17.5. The van der Waals surface area contributed by atoms with Crippen molar-refractivity contribution in [2.24, 2.45) is 7.05 Å². The normalized spacial score (nSPS) is 17.2. The molecule has 1 fully saturated rings. The van der Waals surface area contributed by atoms with Gasteiger partial charge in [-0.2, -0.15) is 5.10 Å². The third kappa shape index (κ3) is 2.90. The molecule has 26 heavy (non-hydrogen) atoms. The molecule has 1 unspecified atom stereocenters. The van der Waals surface area contributed by atoms with Gasteiger partial charge in [0.1, 0.15) is 9.71 Å². The Balaban J connectivity index is 1.90. The Kier molecular flexibility index (Phi) is 4.46. The molecule has 0 radical (unpaired) electrons. The van der Waals surface area contributed by atoms with Gasteiger partial charge in [-0.25, -0.2) is 4.98 Å². The van der Waals surface area contributed by atoms with Crippen LogP contribution in [0.3, 0.4) is 0 Å². The van der Waals surface area contributed by atoms with Crippen molar-refractivity contribution in [2.75, 3.05) is 13.2 Å². The van der Waals surface area contributed by atoms with E-state index in [2.05, 4.69) is 15.4 Å². The predicted molar refractivity (Wildman–Crippen MR) is 103 cm³/mol. The van der Waals surface area contributed by atoms with Crippen LogP contribution in [-0.2, 0) is 11.8 Å². The maximum atomic E-state index is 13.0. The predicted octanol–water partition coefficient (Wildman–Crippen LogP) is 3.49. The Labute approximate surface area is 160 Å². The first-order valence-corrected chi connectivity index (χ1v) is 9.62. The SMILES string of the molecule is Cc1nc2sc(C(=O)NC3CCOC3)c(-c3cnn(C)c3)c2c(C)c1Cl. The fraction of sp³-hybridized carbons (Fsp3) is 0.389. The molecule has 0 aliphatic carbocycles. The third-order valence-corrected chi connectivity index (χ3v) is 6.28. The summed E-state index contributed by atoms with van der Waals surface area (Å²) in [6.45, 7) is 5.09. The summed E-state index contributed by atoms with van der Waals surface area (Å²) in [7, 11) is 1.86. The summed E-state index contributed by atoms with van der Waals surface area (Å²) in [4.78, 5) is 19.1. The molecule has 3 aromatic heterocycles. The molecular weight excluding hydrogens is 372 g/mol. The number of ether oxygens (including phenoxy) is 1. The molecule has 0 aromatic carbocycles. The number of nitrogens with zero attached hydrogens (tertiary/aromatic N) is 3. The molecule has 8 heteroatoms. The smallest absolute Gasteiger partial charge is 0.262 e. The standard InChI is InChI=1S/C18H19ClN4O2S/c1-9-13-14(11-6-20-23(3)7-11)16(17(24)22-12-4-5-25-8-12)26-18(13)21-10(2)15(9)19/h6-7,12H,4-5,8H2,1-3H3,(H,22,24). The number of carbonyl (C=O) groups is 1. The highest BCUT2D eigenvalue weighted by Gasteiger charge is 2.26. The van der Waals surface area contributed by atoms with Gasteiger partial charge in [-0.3, -0.25) is 9.48 Å². The Morgan fingerprint density at radius 3 is 2.92 bits per heavy atom. The molecule has 6 nitrogen and oxygen atoms in total. The van der Waals surface area contributed by atoms with Crippen LogP contribution in [0.25, 0.3) is 21.3 Å². The fourth-order valence-corrected chi connectivity index (χ4v) is 4.66. The Morgan fingerprint density at radius 2 is 2.27 bits per heavy atom. The van der Waals surface area contributed by atoms with E-state index in [1.807, 2.05) is 27.1 Å². The molecule has 1 N–H and O–H groups in total. The maximum absolute atomic E-state index is 13.0. The van der Waals surface area contributed by atoms with Crippen LogP contribution in [0.4, 0.5) is 0 Å². The first-order valence-electron chi connectivity index (χ1n) is 8.42. The highest BCUT2D eigenvalue weighted by Crippen LogP contribution is 2.42. The lowest BCUT2D eigenvalue weighted by molar-refractivity contribution is 0.0934. The molecule has 1 aliphatic rings. The van der Waals surface area contributed by atoms with Gasteiger partial charge in [0.15, 0.2) is 0 Å². The number of aryl methyl sites for hydroxylation is 3. The molecule has 0 saturated carbocycles. The Morgan fingerprint density at radius 1 is 1.46 bits per heavy atom. The van der Waals surface area contributed by atoms with Crippen LogP contribution in [0.5, 0.6) is 0 Å². The van der Waals surface area contributed by atoms with Crippen LogP contribution in [0.2, 0.25) is 5.02 Å². The topological polar surface area (TPSA) is 69.0 Å². The molecule has 3 aromatic rings. The maximum Gasteiger partial charge on any atom is 0.262 e. The van der Waals surface area contributed by atoms with E-state index in [0.717, 1.165) is 39.0 Å². The van der Waals surface area contributed by atoms with Crippen molar-refractivity contribution in [3.8, 4) is 11.1 Å². The number of pyridine rings is 1. The average molecular weight is 391 g/mol. The van der Waals surface area contributed by atoms with Crippen molar-refractivity contribution >= 4 is 39.1 Å². The number of rotatable bonds is 3. The van der Waals surface area contributed by atoms with Gasteiger partial charge >= 0.3 is 0 Å². The number of carbonyl (C=O) groups excluding carboxylic acids is 1. The average Bonchev–Trinajstić information content (AvgIpc) is 3.32. The number of thiophene rings is 1. The van der Waals surface area contributed by atoms with Gasteiger partial charge < -0.3 is 10.1 Å². The summed E-state index contributed by atoms with van der Waals surface area (Å²) < 4.78 is 7.09. The van der Waals surface area contributed by atoms with Gasteiger partial charge in [0.05, 0.1) is 29.6 Å². The van der Waals surface area contributed by atoms with Gasteiger partial charge in [-0.15, -0.1) is 11.3 Å². The summed E-state index contributed by atoms with van der Waals surface area (Å²) in [6.07, 6.45) is 4.51. The summed E-state index contributed by atoms with van der Waals surface area (Å²) >= 11 is 7.85. The lowest BCUT2D eigenvalue weighted by Gasteiger charge is -2.11. The minimum Gasteiger partial charge on any atom is -0.379 e. The monoisotopic (exact) mass is 390 g/mol. The van der Waals surface area contributed by atoms with Crippen LogP contribution >= 0.6 is 22.9 Å². The molecular formula is C18H19ClN4O2S. The lowest BCUT2D eigenvalue weighted by Crippen LogP contribution is -2.34. The van der Waals surface area contributed by atoms with Crippen molar-refractivity contribution in [3.63, 3.8) is 0 Å². The number of hydrogen-bond acceptors (Lipinski definition) is 5. The fourth-order valence-electron chi connectivity index (χ4n) is 3.31. The van der Waals surface area contributed by atoms with E-state index < -0.39 is 0 Å². The minimum absolute atomic E-state index is 0.0499. The number of hydrogen-bond donors (Lipinski definition) is 1. The van der Waals surface area contributed by atoms with E-state index in [4.69, 9.17) is 16.3 Å². The second-order valence-electron chi connectivity index (χ2n) is 6.56. The van der Waals surface area contributed by atoms with E-state index in [-0.39, 0.29) is 11.9 Å². The summed E-state index contributed by atoms with van der Waals surface area (Å²) in [6, 6.07) is 0.0499. The number of aromatic nitrogens is 3. The van der Waals surface area contributed by atoms with Gasteiger partial charge in [-0.1, -0.05) is 11.6 Å². The van der Waals surface area contributed by atoms with Gasteiger partial charge in [0, 0.05) is 36.4 Å². The highest BCUT2D eigenvalue weighted by molar-refractivity contribution is 7.21. The van der Waals surface area contributed by atoms with E-state index >= 15 is 0 Å². The van der Waals surface area contributed by atoms with Gasteiger partial charge in [-0.05, 0) is 25.8 Å². The lowest BCUT2D eigenvalue weighted by atomic mass is 10.0. The zero-order valence-corrected chi connectivity index (χ0v) is 16.4. The Hall–Kier alpha value is -1.96. The molecule has 4 rings (SSSR count). The van der Waals surface area contributed by atoms with E-state index in [0.29, 0.717) is 23.1 Å². The molecule has 1 atom stereocenters. The molecule has 1 saturated heterocycles. The van der Waals surface area contributed by atoms with Crippen LogP contribution in [0.1, 0.15) is 27.3 Å². The number of nitrogens with one attached hydrogen (secondary N) is 1. The van der Waals surface area contributed by atoms with Crippen molar-refractivity contribution < 1.29 is 9.53 Å². The van der Waals surface area contributed by atoms with Crippen molar-refractivity contribution in [2.45, 2.75) is 26.3 Å². The largest absolute Gasteiger partial charge is 0.379 e. The molecule has 1 aliphatic heterocycles. The zero-order chi connectivity index (χ0) is 18.4. The number of amides is 1. The molecule has 0 spiro atoms. The third-order valence-electron chi connectivity index (χ3n) is 4.65. The molecule has 136 valence electrons. The van der Waals surface area contributed by atoms with Crippen LogP contribution in [-0.4, -0.2) is 39.9 Å². The van der Waals surface area contributed by atoms with E-state index in [1.165, 1.54) is 11.3 Å². The highest BCUT2D eigenvalue weighted by atomic mass is 35.5. The van der Waals surface area contributed by atoms with E-state index in [1.54, 1.807) is 10.9 Å². The van der Waals surface area contributed by atoms with Gasteiger partial charge in [0.25, 0.3) is 5.91 Å². The molecule has 4 heterocycles. The Bertz CT molecular complexity index is 1000. The van der Waals surface area contributed by atoms with Crippen molar-refractivity contribution in [1.29, 1.82) is 0 Å². The summed E-state index contributed by atoms with van der Waals surface area (Å²) in [5.74, 6) is -0.101. The van der Waals surface area contributed by atoms with Crippen LogP contribution in [0.15, 0.2) is 12.4 Å². The van der Waals surface area contributed by atoms with Crippen LogP contribution < -0.4 is 5.32 Å². The number of fused-ring (bicyclic) bond motifs is 1. The second kappa shape index (κ2) is 6.64. The minimum atomic E-state index is -0.101. The van der Waals surface area contributed by atoms with Gasteiger partial charge in [0.2, 0.25) is 0 Å². The first-order chi connectivity index (χ1) is 12.5. The number of halogens is 1. The van der Waals surface area contributed by atoms with Crippen molar-refractivity contribution in [1.82, 2.24) is 20.1 Å². The summed E-state index contributed by atoms with van der Waals surface area (Å²) in [5.41, 5.74) is 3.44. The summed E-state index contributed by atoms with van der Waals surface area (Å²) in [5, 5.41) is 8.91. The quantitative estimate of drug-likeness (QED) is 0.743. The van der Waals surface area contributed by atoms with Crippen LogP contribution in [0, 0.1) is 13.8 Å². The second-order valence-corrected chi connectivity index (χ2v) is 7.94. The molecule has 0 bridgehead atoms. The van der Waals surface area contributed by atoms with Crippen molar-refractivity contribution in [3.05, 3.63) is 33.6 Å². The molecule has 1 amide bonds.